The molecule has 1 aliphatic rings. The molecule has 1 N–H and O–H groups in total. The highest BCUT2D eigenvalue weighted by molar-refractivity contribution is 7.89. The normalized spacial score (nSPS) is 20.3. The Morgan fingerprint density at radius 3 is 2.62 bits per heavy atom. The van der Waals surface area contributed by atoms with Crippen LogP contribution in [-0.4, -0.2) is 67.0 Å². The molecular formula is C13H21N3O4S. The van der Waals surface area contributed by atoms with Gasteiger partial charge in [-0.25, -0.2) is 17.5 Å². The summed E-state index contributed by atoms with van der Waals surface area (Å²) in [7, 11) is 1.44. The van der Waals surface area contributed by atoms with E-state index in [4.69, 9.17) is 5.11 Å². The molecule has 7 nitrogen and oxygen atoms in total. The first-order chi connectivity index (χ1) is 9.71. The Bertz CT molecular complexity index is 638. The summed E-state index contributed by atoms with van der Waals surface area (Å²) in [4.78, 5) is 13.2. The Morgan fingerprint density at radius 1 is 1.48 bits per heavy atom. The number of carbonyl (C=O) groups is 1. The van der Waals surface area contributed by atoms with Crippen molar-refractivity contribution in [3.8, 4) is 0 Å². The monoisotopic (exact) mass is 315 g/mol. The van der Waals surface area contributed by atoms with Gasteiger partial charge in [-0.05, 0) is 32.0 Å². The van der Waals surface area contributed by atoms with E-state index in [1.807, 2.05) is 7.05 Å². The third kappa shape index (κ3) is 3.28. The molecule has 1 aliphatic heterocycles. The van der Waals surface area contributed by atoms with E-state index in [1.54, 1.807) is 7.05 Å². The Labute approximate surface area is 124 Å². The van der Waals surface area contributed by atoms with E-state index in [2.05, 4.69) is 4.90 Å². The summed E-state index contributed by atoms with van der Waals surface area (Å²) in [6, 6.07) is 1.20. The Balaban J connectivity index is 2.17. The topological polar surface area (TPSA) is 82.8 Å². The maximum absolute atomic E-state index is 12.5. The molecule has 0 aliphatic carbocycles. The van der Waals surface area contributed by atoms with E-state index < -0.39 is 16.0 Å². The van der Waals surface area contributed by atoms with E-state index in [0.717, 1.165) is 19.5 Å². The van der Waals surface area contributed by atoms with E-state index in [-0.39, 0.29) is 10.6 Å². The molecular weight excluding hydrogens is 294 g/mol. The third-order valence-electron chi connectivity index (χ3n) is 3.91. The molecule has 1 saturated heterocycles. The fraction of sp³-hybridized carbons (Fsp3) is 0.615. The van der Waals surface area contributed by atoms with Crippen molar-refractivity contribution < 1.29 is 18.3 Å². The number of aryl methyl sites for hydroxylation is 1. The summed E-state index contributed by atoms with van der Waals surface area (Å²) < 4.78 is 27.6. The minimum atomic E-state index is -3.65. The lowest BCUT2D eigenvalue weighted by Crippen LogP contribution is -2.32. The fourth-order valence-corrected chi connectivity index (χ4v) is 4.02. The van der Waals surface area contributed by atoms with Gasteiger partial charge in [-0.3, -0.25) is 0 Å². The maximum Gasteiger partial charge on any atom is 0.352 e. The molecule has 118 valence electrons. The molecule has 1 aromatic rings. The first-order valence-corrected chi connectivity index (χ1v) is 8.20. The van der Waals surface area contributed by atoms with Gasteiger partial charge in [-0.1, -0.05) is 0 Å². The van der Waals surface area contributed by atoms with Crippen molar-refractivity contribution in [2.75, 3.05) is 33.7 Å². The number of hydrogen-bond donors (Lipinski definition) is 1. The van der Waals surface area contributed by atoms with Crippen LogP contribution in [0.4, 0.5) is 0 Å². The molecule has 0 aromatic carbocycles. The molecule has 0 spiro atoms. The first-order valence-electron chi connectivity index (χ1n) is 6.76. The number of likely N-dealkylation sites (tertiary alicyclic amines) is 1. The standard InChI is InChI=1S/C13H21N3O4S/c1-14-5-4-10(7-14)8-16(3)21(19,20)11-6-12(13(17)18)15(2)9-11/h6,9-10H,4-5,7-8H2,1-3H3,(H,17,18). The largest absolute Gasteiger partial charge is 0.477 e. The van der Waals surface area contributed by atoms with Crippen LogP contribution < -0.4 is 0 Å². The van der Waals surface area contributed by atoms with E-state index in [1.165, 1.54) is 28.2 Å². The highest BCUT2D eigenvalue weighted by atomic mass is 32.2. The van der Waals surface area contributed by atoms with Gasteiger partial charge in [-0.15, -0.1) is 0 Å². The van der Waals surface area contributed by atoms with Crippen molar-refractivity contribution in [1.29, 1.82) is 0 Å². The fourth-order valence-electron chi connectivity index (χ4n) is 2.70. The molecule has 1 fully saturated rings. The van der Waals surface area contributed by atoms with Gasteiger partial charge in [0, 0.05) is 33.4 Å². The molecule has 0 amide bonds. The van der Waals surface area contributed by atoms with E-state index in [0.29, 0.717) is 12.5 Å². The van der Waals surface area contributed by atoms with Crippen LogP contribution in [0.3, 0.4) is 0 Å². The van der Waals surface area contributed by atoms with Crippen LogP contribution in [0, 0.1) is 5.92 Å². The molecule has 2 heterocycles. The molecule has 1 unspecified atom stereocenters. The van der Waals surface area contributed by atoms with Crippen molar-refractivity contribution in [2.45, 2.75) is 11.3 Å². The van der Waals surface area contributed by atoms with Gasteiger partial charge >= 0.3 is 5.97 Å². The molecule has 1 atom stereocenters. The zero-order valence-electron chi connectivity index (χ0n) is 12.5. The quantitative estimate of drug-likeness (QED) is 0.845. The Kier molecular flexibility index (Phi) is 4.40. The van der Waals surface area contributed by atoms with Crippen LogP contribution in [0.25, 0.3) is 0 Å². The van der Waals surface area contributed by atoms with Crippen molar-refractivity contribution in [1.82, 2.24) is 13.8 Å². The van der Waals surface area contributed by atoms with Gasteiger partial charge in [0.15, 0.2) is 0 Å². The second kappa shape index (κ2) is 5.78. The van der Waals surface area contributed by atoms with Gasteiger partial charge in [-0.2, -0.15) is 0 Å². The lowest BCUT2D eigenvalue weighted by atomic mass is 10.1. The number of aromatic carboxylic acids is 1. The molecule has 0 saturated carbocycles. The lowest BCUT2D eigenvalue weighted by molar-refractivity contribution is 0.0686. The second-order valence-corrected chi connectivity index (χ2v) is 7.72. The zero-order chi connectivity index (χ0) is 15.8. The smallest absolute Gasteiger partial charge is 0.352 e. The molecule has 8 heteroatoms. The molecule has 1 aromatic heterocycles. The van der Waals surface area contributed by atoms with Crippen molar-refractivity contribution in [2.24, 2.45) is 13.0 Å². The number of sulfonamides is 1. The van der Waals surface area contributed by atoms with Crippen LogP contribution in [0.5, 0.6) is 0 Å². The molecule has 0 bridgehead atoms. The summed E-state index contributed by atoms with van der Waals surface area (Å²) in [6.45, 7) is 2.31. The maximum atomic E-state index is 12.5. The minimum absolute atomic E-state index is 0.0243. The van der Waals surface area contributed by atoms with Crippen molar-refractivity contribution >= 4 is 16.0 Å². The van der Waals surface area contributed by atoms with Crippen LogP contribution in [0.1, 0.15) is 16.9 Å². The predicted molar refractivity (Wildman–Crippen MR) is 77.8 cm³/mol. The SMILES string of the molecule is CN1CCC(CN(C)S(=O)(=O)c2cc(C(=O)O)n(C)c2)C1. The molecule has 0 radical (unpaired) electrons. The predicted octanol–water partition coefficient (Wildman–Crippen LogP) is 0.296. The Morgan fingerprint density at radius 2 is 2.14 bits per heavy atom. The average Bonchev–Trinajstić information content (AvgIpc) is 2.95. The van der Waals surface area contributed by atoms with E-state index >= 15 is 0 Å². The highest BCUT2D eigenvalue weighted by Gasteiger charge is 2.28. The van der Waals surface area contributed by atoms with Gasteiger partial charge < -0.3 is 14.6 Å². The van der Waals surface area contributed by atoms with Crippen LogP contribution >= 0.6 is 0 Å². The summed E-state index contributed by atoms with van der Waals surface area (Å²) in [6.07, 6.45) is 2.32. The number of nitrogens with zero attached hydrogens (tertiary/aromatic N) is 3. The number of rotatable bonds is 5. The lowest BCUT2D eigenvalue weighted by Gasteiger charge is -2.20. The molecule has 2 rings (SSSR count). The number of carboxylic acid groups (broad SMARTS) is 1. The second-order valence-electron chi connectivity index (χ2n) is 5.68. The van der Waals surface area contributed by atoms with Crippen molar-refractivity contribution in [3.05, 3.63) is 18.0 Å². The van der Waals surface area contributed by atoms with Gasteiger partial charge in [0.2, 0.25) is 10.0 Å². The average molecular weight is 315 g/mol. The number of hydrogen-bond acceptors (Lipinski definition) is 4. The summed E-state index contributed by atoms with van der Waals surface area (Å²) in [5.74, 6) is -0.823. The first kappa shape index (κ1) is 16.0. The summed E-state index contributed by atoms with van der Waals surface area (Å²) in [5.41, 5.74) is -0.0393. The van der Waals surface area contributed by atoms with Crippen LogP contribution in [-0.2, 0) is 17.1 Å². The van der Waals surface area contributed by atoms with Crippen LogP contribution in [0.15, 0.2) is 17.2 Å². The van der Waals surface area contributed by atoms with E-state index in [9.17, 15) is 13.2 Å². The minimum Gasteiger partial charge on any atom is -0.477 e. The summed E-state index contributed by atoms with van der Waals surface area (Å²) >= 11 is 0. The van der Waals surface area contributed by atoms with Gasteiger partial charge in [0.25, 0.3) is 0 Å². The van der Waals surface area contributed by atoms with Gasteiger partial charge in [0.05, 0.1) is 0 Å². The zero-order valence-corrected chi connectivity index (χ0v) is 13.3. The van der Waals surface area contributed by atoms with Gasteiger partial charge in [0.1, 0.15) is 10.6 Å². The summed E-state index contributed by atoms with van der Waals surface area (Å²) in [5, 5.41) is 9.01. The molecule has 21 heavy (non-hydrogen) atoms. The van der Waals surface area contributed by atoms with Crippen LogP contribution in [0.2, 0.25) is 0 Å². The number of aromatic nitrogens is 1. The third-order valence-corrected chi connectivity index (χ3v) is 5.70. The van der Waals surface area contributed by atoms with Crippen molar-refractivity contribution in [3.63, 3.8) is 0 Å². The highest BCUT2D eigenvalue weighted by Crippen LogP contribution is 2.21. The number of carboxylic acids is 1. The Hall–Kier alpha value is -1.38.